The van der Waals surface area contributed by atoms with Crippen LogP contribution in [0.3, 0.4) is 0 Å². The minimum absolute atomic E-state index is 0.123. The number of fused-ring (bicyclic) bond motifs is 1. The van der Waals surface area contributed by atoms with Gasteiger partial charge in [0.05, 0.1) is 11.7 Å². The van der Waals surface area contributed by atoms with Crippen molar-refractivity contribution in [2.24, 2.45) is 5.41 Å². The summed E-state index contributed by atoms with van der Waals surface area (Å²) in [5.41, 5.74) is 1.31. The van der Waals surface area contributed by atoms with Crippen molar-refractivity contribution in [2.45, 2.75) is 104 Å². The van der Waals surface area contributed by atoms with Crippen molar-refractivity contribution in [3.63, 3.8) is 0 Å². The number of benzene rings is 1. The number of carbonyl (C=O) groups is 1. The van der Waals surface area contributed by atoms with Crippen LogP contribution in [0.2, 0.25) is 5.82 Å². The first-order valence-electron chi connectivity index (χ1n) is 11.1. The highest BCUT2D eigenvalue weighted by molar-refractivity contribution is 6.47. The van der Waals surface area contributed by atoms with Gasteiger partial charge >= 0.3 is 13.3 Å². The molecule has 0 radical (unpaired) electrons. The van der Waals surface area contributed by atoms with Crippen LogP contribution in [0.1, 0.15) is 78.9 Å². The third-order valence-corrected chi connectivity index (χ3v) is 6.15. The average molecular weight is 416 g/mol. The molecule has 1 heterocycles. The van der Waals surface area contributed by atoms with Crippen LogP contribution >= 0.6 is 0 Å². The SMILES string of the molecule is Cc1cccc(CC(C)B2OC3CCC(C)(C)CC3(C)O2)c1OC(=O)OC(C)(C)C. The minimum atomic E-state index is -0.681. The van der Waals surface area contributed by atoms with Gasteiger partial charge in [0, 0.05) is 0 Å². The van der Waals surface area contributed by atoms with Gasteiger partial charge in [-0.1, -0.05) is 39.0 Å². The molecule has 0 bridgehead atoms. The van der Waals surface area contributed by atoms with E-state index >= 15 is 0 Å². The molecule has 5 nitrogen and oxygen atoms in total. The van der Waals surface area contributed by atoms with Crippen LogP contribution in [-0.4, -0.2) is 30.6 Å². The predicted octanol–water partition coefficient (Wildman–Crippen LogP) is 6.11. The summed E-state index contributed by atoms with van der Waals surface area (Å²) in [6.07, 6.45) is 3.35. The molecule has 0 N–H and O–H groups in total. The summed E-state index contributed by atoms with van der Waals surface area (Å²) in [6, 6.07) is 5.92. The molecule has 1 saturated heterocycles. The molecule has 0 spiro atoms. The fourth-order valence-electron chi connectivity index (χ4n) is 4.83. The topological polar surface area (TPSA) is 54.0 Å². The average Bonchev–Trinajstić information content (AvgIpc) is 2.91. The molecule has 166 valence electrons. The Balaban J connectivity index is 1.71. The van der Waals surface area contributed by atoms with Crippen LogP contribution in [0.15, 0.2) is 18.2 Å². The van der Waals surface area contributed by atoms with Gasteiger partial charge in [-0.3, -0.25) is 0 Å². The summed E-state index contributed by atoms with van der Waals surface area (Å²) in [6.45, 7) is 16.4. The molecule has 0 aromatic heterocycles. The Morgan fingerprint density at radius 2 is 2.00 bits per heavy atom. The quantitative estimate of drug-likeness (QED) is 0.337. The number of ether oxygens (including phenoxy) is 2. The van der Waals surface area contributed by atoms with E-state index in [1.165, 1.54) is 0 Å². The largest absolute Gasteiger partial charge is 0.514 e. The summed E-state index contributed by atoms with van der Waals surface area (Å²) in [5.74, 6) is 0.694. The molecule has 3 unspecified atom stereocenters. The fourth-order valence-corrected chi connectivity index (χ4v) is 4.83. The number of carbonyl (C=O) groups excluding carboxylic acids is 1. The highest BCUT2D eigenvalue weighted by Crippen LogP contribution is 2.49. The summed E-state index contributed by atoms with van der Waals surface area (Å²) in [7, 11) is -0.260. The monoisotopic (exact) mass is 416 g/mol. The second-order valence-corrected chi connectivity index (χ2v) is 11.1. The maximum atomic E-state index is 12.3. The first-order valence-corrected chi connectivity index (χ1v) is 11.1. The number of hydrogen-bond acceptors (Lipinski definition) is 5. The Morgan fingerprint density at radius 3 is 2.67 bits per heavy atom. The molecule has 3 atom stereocenters. The lowest BCUT2D eigenvalue weighted by Gasteiger charge is -2.43. The summed E-state index contributed by atoms with van der Waals surface area (Å²) in [4.78, 5) is 12.3. The van der Waals surface area contributed by atoms with E-state index in [4.69, 9.17) is 18.8 Å². The van der Waals surface area contributed by atoms with E-state index < -0.39 is 11.8 Å². The molecule has 1 aliphatic heterocycles. The maximum Gasteiger partial charge on any atom is 0.514 e. The van der Waals surface area contributed by atoms with E-state index in [2.05, 4.69) is 27.7 Å². The van der Waals surface area contributed by atoms with Crippen LogP contribution in [0.25, 0.3) is 0 Å². The van der Waals surface area contributed by atoms with E-state index in [0.717, 1.165) is 30.4 Å². The van der Waals surface area contributed by atoms with Crippen molar-refractivity contribution >= 4 is 13.3 Å². The van der Waals surface area contributed by atoms with Gasteiger partial charge < -0.3 is 18.8 Å². The number of rotatable bonds is 4. The molecule has 1 aromatic rings. The number of aryl methyl sites for hydroxylation is 1. The lowest BCUT2D eigenvalue weighted by molar-refractivity contribution is -0.0298. The molecule has 1 aliphatic carbocycles. The van der Waals surface area contributed by atoms with Crippen LogP contribution < -0.4 is 4.74 Å². The Morgan fingerprint density at radius 1 is 1.30 bits per heavy atom. The zero-order valence-electron chi connectivity index (χ0n) is 19.8. The van der Waals surface area contributed by atoms with Crippen molar-refractivity contribution in [3.8, 4) is 5.75 Å². The fraction of sp³-hybridized carbons (Fsp3) is 0.708. The summed E-state index contributed by atoms with van der Waals surface area (Å²) < 4.78 is 23.8. The first-order chi connectivity index (χ1) is 13.8. The van der Waals surface area contributed by atoms with Crippen LogP contribution in [0.4, 0.5) is 4.79 Å². The third kappa shape index (κ3) is 5.39. The van der Waals surface area contributed by atoms with Gasteiger partial charge in [-0.15, -0.1) is 0 Å². The number of para-hydroxylation sites is 1. The molecule has 1 aromatic carbocycles. The number of hydrogen-bond donors (Lipinski definition) is 0. The van der Waals surface area contributed by atoms with Crippen molar-refractivity contribution in [2.75, 3.05) is 0 Å². The molecule has 2 aliphatic rings. The van der Waals surface area contributed by atoms with Gasteiger partial charge in [0.25, 0.3) is 0 Å². The molecule has 2 fully saturated rings. The third-order valence-electron chi connectivity index (χ3n) is 6.15. The molecule has 1 saturated carbocycles. The standard InChI is InChI=1S/C24H37BO5/c1-16-10-9-11-18(20(16)27-21(26)28-22(3,4)5)14-17(2)25-29-19-12-13-23(6,7)15-24(19,8)30-25/h9-11,17,19H,12-15H2,1-8H3. The van der Waals surface area contributed by atoms with Crippen molar-refractivity contribution in [1.29, 1.82) is 0 Å². The minimum Gasteiger partial charge on any atom is -0.428 e. The summed E-state index contributed by atoms with van der Waals surface area (Å²) >= 11 is 0. The zero-order chi connectivity index (χ0) is 22.3. The van der Waals surface area contributed by atoms with E-state index in [-0.39, 0.29) is 30.1 Å². The van der Waals surface area contributed by atoms with Crippen molar-refractivity contribution < 1.29 is 23.6 Å². The molecule has 0 amide bonds. The van der Waals surface area contributed by atoms with Gasteiger partial charge in [0.15, 0.2) is 0 Å². The molecule has 3 rings (SSSR count). The Labute approximate surface area is 181 Å². The van der Waals surface area contributed by atoms with Gasteiger partial charge in [-0.2, -0.15) is 0 Å². The Kier molecular flexibility index (Phi) is 6.32. The van der Waals surface area contributed by atoms with Gasteiger partial charge in [-0.25, -0.2) is 4.79 Å². The molecular weight excluding hydrogens is 379 g/mol. The van der Waals surface area contributed by atoms with Crippen LogP contribution in [0, 0.1) is 12.3 Å². The first kappa shape index (κ1) is 23.1. The predicted molar refractivity (Wildman–Crippen MR) is 119 cm³/mol. The zero-order valence-corrected chi connectivity index (χ0v) is 19.8. The molecule has 30 heavy (non-hydrogen) atoms. The highest BCUT2D eigenvalue weighted by atomic mass is 16.7. The van der Waals surface area contributed by atoms with Crippen molar-refractivity contribution in [1.82, 2.24) is 0 Å². The van der Waals surface area contributed by atoms with E-state index in [1.54, 1.807) is 0 Å². The lowest BCUT2D eigenvalue weighted by Crippen LogP contribution is -2.45. The second kappa shape index (κ2) is 8.20. The van der Waals surface area contributed by atoms with E-state index in [1.807, 2.05) is 45.9 Å². The van der Waals surface area contributed by atoms with Crippen LogP contribution in [0.5, 0.6) is 5.75 Å². The Bertz CT molecular complexity index is 784. The van der Waals surface area contributed by atoms with Gasteiger partial charge in [0.2, 0.25) is 0 Å². The molecule has 6 heteroatoms. The smallest absolute Gasteiger partial charge is 0.428 e. The maximum absolute atomic E-state index is 12.3. The second-order valence-electron chi connectivity index (χ2n) is 11.1. The highest BCUT2D eigenvalue weighted by Gasteiger charge is 2.54. The van der Waals surface area contributed by atoms with Gasteiger partial charge in [-0.05, 0) is 82.7 Å². The normalized spacial score (nSPS) is 26.8. The Hall–Kier alpha value is -1.53. The van der Waals surface area contributed by atoms with Crippen molar-refractivity contribution in [3.05, 3.63) is 29.3 Å². The van der Waals surface area contributed by atoms with E-state index in [0.29, 0.717) is 12.2 Å². The van der Waals surface area contributed by atoms with Gasteiger partial charge in [0.1, 0.15) is 11.4 Å². The summed E-state index contributed by atoms with van der Waals surface area (Å²) in [5, 5.41) is 0. The lowest BCUT2D eigenvalue weighted by atomic mass is 9.68. The molecular formula is C24H37BO5. The van der Waals surface area contributed by atoms with Crippen LogP contribution in [-0.2, 0) is 20.5 Å². The van der Waals surface area contributed by atoms with E-state index in [9.17, 15) is 4.79 Å².